The highest BCUT2D eigenvalue weighted by Crippen LogP contribution is 2.29. The number of carboxylic acid groups (broad SMARTS) is 1. The van der Waals surface area contributed by atoms with E-state index in [1.54, 1.807) is 12.1 Å². The summed E-state index contributed by atoms with van der Waals surface area (Å²) < 4.78 is 4.61. The predicted molar refractivity (Wildman–Crippen MR) is 67.5 cm³/mol. The third-order valence-electron chi connectivity index (χ3n) is 2.74. The monoisotopic (exact) mass is 267 g/mol. The van der Waals surface area contributed by atoms with Gasteiger partial charge in [0.2, 0.25) is 0 Å². The number of thioether (sulfide) groups is 1. The van der Waals surface area contributed by atoms with Crippen molar-refractivity contribution in [2.24, 2.45) is 0 Å². The van der Waals surface area contributed by atoms with Crippen LogP contribution < -0.4 is 5.32 Å². The first kappa shape index (κ1) is 12.9. The van der Waals surface area contributed by atoms with Gasteiger partial charge in [-0.25, -0.2) is 9.59 Å². The molecule has 96 valence electrons. The first-order valence-corrected chi connectivity index (χ1v) is 6.45. The highest BCUT2D eigenvalue weighted by atomic mass is 32.2. The number of esters is 1. The van der Waals surface area contributed by atoms with Crippen LogP contribution in [0, 0.1) is 0 Å². The molecular weight excluding hydrogens is 254 g/mol. The Morgan fingerprint density at radius 2 is 2.06 bits per heavy atom. The number of carbonyl (C=O) groups is 2. The van der Waals surface area contributed by atoms with E-state index in [4.69, 9.17) is 5.11 Å². The number of carbonyl (C=O) groups excluding carboxylic acids is 1. The van der Waals surface area contributed by atoms with E-state index in [0.717, 1.165) is 5.56 Å². The maximum atomic E-state index is 11.3. The first-order valence-electron chi connectivity index (χ1n) is 5.40. The standard InChI is InChI=1S/C12H13NO4S/c1-17-12(16)8-4-2-7(3-5-8)9-6-18-10(13-9)11(14)15/h2-5,9-10,13H,6H2,1H3,(H,14,15)/t9-,10+/m0/s1. The van der Waals surface area contributed by atoms with E-state index in [1.165, 1.54) is 18.9 Å². The van der Waals surface area contributed by atoms with E-state index in [1.807, 2.05) is 12.1 Å². The molecule has 1 aromatic carbocycles. The quantitative estimate of drug-likeness (QED) is 0.803. The topological polar surface area (TPSA) is 75.6 Å². The van der Waals surface area contributed by atoms with Gasteiger partial charge < -0.3 is 9.84 Å². The van der Waals surface area contributed by atoms with Crippen molar-refractivity contribution in [3.63, 3.8) is 0 Å². The Morgan fingerprint density at radius 3 is 2.56 bits per heavy atom. The Kier molecular flexibility index (Phi) is 3.88. The zero-order valence-electron chi connectivity index (χ0n) is 9.75. The second-order valence-electron chi connectivity index (χ2n) is 3.88. The number of benzene rings is 1. The van der Waals surface area contributed by atoms with E-state index in [2.05, 4.69) is 10.1 Å². The van der Waals surface area contributed by atoms with E-state index >= 15 is 0 Å². The summed E-state index contributed by atoms with van der Waals surface area (Å²) in [4.78, 5) is 22.1. The maximum absolute atomic E-state index is 11.3. The van der Waals surface area contributed by atoms with Crippen LogP contribution >= 0.6 is 11.8 Å². The normalized spacial score (nSPS) is 22.7. The summed E-state index contributed by atoms with van der Waals surface area (Å²) in [5, 5.41) is 11.3. The second-order valence-corrected chi connectivity index (χ2v) is 5.02. The molecule has 0 spiro atoms. The van der Waals surface area contributed by atoms with Crippen LogP contribution in [0.2, 0.25) is 0 Å². The average molecular weight is 267 g/mol. The molecule has 2 rings (SSSR count). The molecule has 0 amide bonds. The summed E-state index contributed by atoms with van der Waals surface area (Å²) in [5.41, 5.74) is 1.46. The van der Waals surface area contributed by atoms with Crippen LogP contribution in [0.25, 0.3) is 0 Å². The zero-order valence-corrected chi connectivity index (χ0v) is 10.6. The van der Waals surface area contributed by atoms with E-state index in [-0.39, 0.29) is 12.0 Å². The summed E-state index contributed by atoms with van der Waals surface area (Å²) in [7, 11) is 1.34. The van der Waals surface area contributed by atoms with Crippen molar-refractivity contribution in [2.45, 2.75) is 11.4 Å². The minimum atomic E-state index is -0.853. The second kappa shape index (κ2) is 5.41. The number of nitrogens with one attached hydrogen (secondary N) is 1. The van der Waals surface area contributed by atoms with Crippen molar-refractivity contribution in [2.75, 3.05) is 12.9 Å². The number of rotatable bonds is 3. The van der Waals surface area contributed by atoms with Gasteiger partial charge in [-0.15, -0.1) is 11.8 Å². The fourth-order valence-electron chi connectivity index (χ4n) is 1.78. The smallest absolute Gasteiger partial charge is 0.337 e. The lowest BCUT2D eigenvalue weighted by molar-refractivity contribution is -0.137. The number of methoxy groups -OCH3 is 1. The van der Waals surface area contributed by atoms with Crippen LogP contribution in [0.3, 0.4) is 0 Å². The molecule has 1 aromatic rings. The summed E-state index contributed by atoms with van der Waals surface area (Å²) in [6.45, 7) is 0. The van der Waals surface area contributed by atoms with Crippen LogP contribution in [-0.2, 0) is 9.53 Å². The summed E-state index contributed by atoms with van der Waals surface area (Å²) in [5.74, 6) is -0.526. The molecule has 18 heavy (non-hydrogen) atoms. The van der Waals surface area contributed by atoms with Crippen molar-refractivity contribution in [1.82, 2.24) is 5.32 Å². The molecule has 0 aromatic heterocycles. The molecule has 1 heterocycles. The number of hydrogen-bond acceptors (Lipinski definition) is 5. The van der Waals surface area contributed by atoms with Crippen LogP contribution in [0.1, 0.15) is 22.0 Å². The maximum Gasteiger partial charge on any atom is 0.337 e. The lowest BCUT2D eigenvalue weighted by Crippen LogP contribution is -2.30. The van der Waals surface area contributed by atoms with Crippen molar-refractivity contribution >= 4 is 23.7 Å². The highest BCUT2D eigenvalue weighted by Gasteiger charge is 2.30. The van der Waals surface area contributed by atoms with Gasteiger partial charge in [0.25, 0.3) is 0 Å². The first-order chi connectivity index (χ1) is 8.61. The van der Waals surface area contributed by atoms with Gasteiger partial charge in [0.15, 0.2) is 5.37 Å². The summed E-state index contributed by atoms with van der Waals surface area (Å²) in [6, 6.07) is 7.00. The van der Waals surface area contributed by atoms with Crippen LogP contribution in [0.15, 0.2) is 24.3 Å². The number of ether oxygens (including phenoxy) is 1. The Morgan fingerprint density at radius 1 is 1.39 bits per heavy atom. The molecule has 0 radical (unpaired) electrons. The molecule has 2 N–H and O–H groups in total. The number of aliphatic carboxylic acids is 1. The SMILES string of the molecule is COC(=O)c1ccc([C@@H]2CS[C@H](C(=O)O)N2)cc1. The zero-order chi connectivity index (χ0) is 13.1. The lowest BCUT2D eigenvalue weighted by atomic mass is 10.1. The molecular formula is C12H13NO4S. The van der Waals surface area contributed by atoms with E-state index < -0.39 is 11.3 Å². The van der Waals surface area contributed by atoms with Crippen LogP contribution in [-0.4, -0.2) is 35.3 Å². The molecule has 1 aliphatic heterocycles. The number of hydrogen-bond donors (Lipinski definition) is 2. The van der Waals surface area contributed by atoms with Gasteiger partial charge in [0.05, 0.1) is 12.7 Å². The minimum Gasteiger partial charge on any atom is -0.479 e. The molecule has 2 atom stereocenters. The third kappa shape index (κ3) is 2.65. The van der Waals surface area contributed by atoms with Crippen molar-refractivity contribution in [3.05, 3.63) is 35.4 Å². The molecule has 1 saturated heterocycles. The van der Waals surface area contributed by atoms with Crippen molar-refractivity contribution in [3.8, 4) is 0 Å². The molecule has 1 fully saturated rings. The predicted octanol–water partition coefficient (Wildman–Crippen LogP) is 1.26. The van der Waals surface area contributed by atoms with E-state index in [9.17, 15) is 9.59 Å². The number of carboxylic acids is 1. The van der Waals surface area contributed by atoms with Crippen LogP contribution in [0.5, 0.6) is 0 Å². The fourth-order valence-corrected chi connectivity index (χ4v) is 2.85. The molecule has 6 heteroatoms. The molecule has 5 nitrogen and oxygen atoms in total. The average Bonchev–Trinajstić information content (AvgIpc) is 2.88. The van der Waals surface area contributed by atoms with Gasteiger partial charge in [0.1, 0.15) is 0 Å². The van der Waals surface area contributed by atoms with Crippen molar-refractivity contribution in [1.29, 1.82) is 0 Å². The van der Waals surface area contributed by atoms with Gasteiger partial charge in [-0.2, -0.15) is 0 Å². The Balaban J connectivity index is 2.07. The summed E-state index contributed by atoms with van der Waals surface area (Å²) >= 11 is 1.37. The Bertz CT molecular complexity index is 460. The molecule has 0 aliphatic carbocycles. The minimum absolute atomic E-state index is 0.00259. The Hall–Kier alpha value is -1.53. The van der Waals surface area contributed by atoms with Gasteiger partial charge >= 0.3 is 11.9 Å². The lowest BCUT2D eigenvalue weighted by Gasteiger charge is -2.11. The van der Waals surface area contributed by atoms with Gasteiger partial charge in [-0.05, 0) is 17.7 Å². The molecule has 0 bridgehead atoms. The van der Waals surface area contributed by atoms with Crippen molar-refractivity contribution < 1.29 is 19.4 Å². The van der Waals surface area contributed by atoms with E-state index in [0.29, 0.717) is 11.3 Å². The largest absolute Gasteiger partial charge is 0.479 e. The summed E-state index contributed by atoms with van der Waals surface area (Å²) in [6.07, 6.45) is 0. The molecule has 0 saturated carbocycles. The fraction of sp³-hybridized carbons (Fsp3) is 0.333. The van der Waals surface area contributed by atoms with Gasteiger partial charge in [-0.1, -0.05) is 12.1 Å². The van der Waals surface area contributed by atoms with Gasteiger partial charge in [-0.3, -0.25) is 5.32 Å². The van der Waals surface area contributed by atoms with Gasteiger partial charge in [0, 0.05) is 11.8 Å². The molecule has 0 unspecified atom stereocenters. The third-order valence-corrected chi connectivity index (χ3v) is 3.94. The highest BCUT2D eigenvalue weighted by molar-refractivity contribution is 8.00. The molecule has 1 aliphatic rings. The Labute approximate surface area is 109 Å². The van der Waals surface area contributed by atoms with Crippen LogP contribution in [0.4, 0.5) is 0 Å².